The molecule has 4 rings (SSSR count). The van der Waals surface area contributed by atoms with Gasteiger partial charge >= 0.3 is 5.97 Å². The lowest BCUT2D eigenvalue weighted by Gasteiger charge is -2.32. The fourth-order valence-corrected chi connectivity index (χ4v) is 4.45. The van der Waals surface area contributed by atoms with Crippen LogP contribution in [0.5, 0.6) is 5.75 Å². The van der Waals surface area contributed by atoms with Gasteiger partial charge in [0.05, 0.1) is 31.5 Å². The molecule has 0 aliphatic carbocycles. The molecule has 0 radical (unpaired) electrons. The molecule has 1 unspecified atom stereocenters. The van der Waals surface area contributed by atoms with Crippen molar-refractivity contribution in [2.45, 2.75) is 45.8 Å². The lowest BCUT2D eigenvalue weighted by atomic mass is 9.98. The van der Waals surface area contributed by atoms with Crippen molar-refractivity contribution < 1.29 is 28.3 Å². The van der Waals surface area contributed by atoms with Gasteiger partial charge in [-0.2, -0.15) is 0 Å². The zero-order chi connectivity index (χ0) is 25.7. The Morgan fingerprint density at radius 2 is 1.89 bits per heavy atom. The fraction of sp³-hybridized carbons (Fsp3) is 0.321. The van der Waals surface area contributed by atoms with E-state index in [9.17, 15) is 14.4 Å². The Kier molecular flexibility index (Phi) is 7.73. The largest absolute Gasteiger partial charge is 0.483 e. The van der Waals surface area contributed by atoms with Crippen molar-refractivity contribution in [3.8, 4) is 5.75 Å². The van der Waals surface area contributed by atoms with Crippen molar-refractivity contribution in [3.63, 3.8) is 0 Å². The van der Waals surface area contributed by atoms with E-state index in [2.05, 4.69) is 5.32 Å². The number of anilines is 1. The summed E-state index contributed by atoms with van der Waals surface area (Å²) in [5, 5.41) is 2.92. The molecule has 188 valence electrons. The summed E-state index contributed by atoms with van der Waals surface area (Å²) >= 11 is 0. The topological polar surface area (TPSA) is 98.1 Å². The van der Waals surface area contributed by atoms with E-state index in [1.807, 2.05) is 43.3 Å². The standard InChI is InChI=1S/C28H30N2O6/c1-18-9-11-20(12-10-18)23(29-19(2)31)16-26(32)30-14-5-7-21-6-4-8-24(27(21)30)36-17-25-22(13-15-35-25)28(33)34-3/h4,6,8-13,15,23H,5,7,14,16-17H2,1-3H3,(H,29,31). The van der Waals surface area contributed by atoms with Gasteiger partial charge in [0, 0.05) is 13.5 Å². The zero-order valence-electron chi connectivity index (χ0n) is 20.7. The lowest BCUT2D eigenvalue weighted by Crippen LogP contribution is -2.39. The highest BCUT2D eigenvalue weighted by Crippen LogP contribution is 2.38. The number of para-hydroxylation sites is 1. The molecule has 3 aromatic rings. The third-order valence-corrected chi connectivity index (χ3v) is 6.23. The predicted octanol–water partition coefficient (Wildman–Crippen LogP) is 4.50. The number of esters is 1. The zero-order valence-corrected chi connectivity index (χ0v) is 20.7. The van der Waals surface area contributed by atoms with Crippen molar-refractivity contribution >= 4 is 23.5 Å². The Morgan fingerprint density at radius 3 is 2.61 bits per heavy atom. The van der Waals surface area contributed by atoms with Crippen LogP contribution in [0.4, 0.5) is 5.69 Å². The molecule has 2 heterocycles. The van der Waals surface area contributed by atoms with Crippen LogP contribution in [-0.2, 0) is 27.4 Å². The number of furan rings is 1. The van der Waals surface area contributed by atoms with Crippen molar-refractivity contribution in [1.82, 2.24) is 5.32 Å². The van der Waals surface area contributed by atoms with Crippen molar-refractivity contribution in [2.24, 2.45) is 0 Å². The quantitative estimate of drug-likeness (QED) is 0.467. The van der Waals surface area contributed by atoms with Gasteiger partial charge in [-0.3, -0.25) is 9.59 Å². The van der Waals surface area contributed by atoms with Crippen LogP contribution in [0.25, 0.3) is 0 Å². The van der Waals surface area contributed by atoms with E-state index in [1.54, 1.807) is 11.0 Å². The highest BCUT2D eigenvalue weighted by Gasteiger charge is 2.29. The van der Waals surface area contributed by atoms with Crippen LogP contribution in [0.1, 0.15) is 58.6 Å². The van der Waals surface area contributed by atoms with E-state index < -0.39 is 12.0 Å². The normalized spacial score (nSPS) is 13.5. The number of aryl methyl sites for hydroxylation is 2. The molecule has 0 fully saturated rings. The van der Waals surface area contributed by atoms with Gasteiger partial charge in [-0.25, -0.2) is 4.79 Å². The van der Waals surface area contributed by atoms with Gasteiger partial charge in [0.25, 0.3) is 0 Å². The molecule has 0 saturated heterocycles. The van der Waals surface area contributed by atoms with E-state index in [-0.39, 0.29) is 24.8 Å². The van der Waals surface area contributed by atoms with E-state index >= 15 is 0 Å². The van der Waals surface area contributed by atoms with Gasteiger partial charge in [-0.05, 0) is 43.0 Å². The number of carbonyl (C=O) groups is 3. The number of carbonyl (C=O) groups excluding carboxylic acids is 3. The van der Waals surface area contributed by atoms with Gasteiger partial charge in [0.15, 0.2) is 5.76 Å². The monoisotopic (exact) mass is 490 g/mol. The number of ether oxygens (including phenoxy) is 2. The summed E-state index contributed by atoms with van der Waals surface area (Å²) < 4.78 is 16.3. The first kappa shape index (κ1) is 25.0. The Morgan fingerprint density at radius 1 is 1.11 bits per heavy atom. The number of rotatable bonds is 8. The Bertz CT molecular complexity index is 1250. The molecule has 2 amide bonds. The molecule has 1 aliphatic heterocycles. The number of hydrogen-bond donors (Lipinski definition) is 1. The maximum atomic E-state index is 13.6. The maximum Gasteiger partial charge on any atom is 0.341 e. The first-order chi connectivity index (χ1) is 17.4. The van der Waals surface area contributed by atoms with Crippen LogP contribution < -0.4 is 15.0 Å². The summed E-state index contributed by atoms with van der Waals surface area (Å²) in [4.78, 5) is 39.2. The van der Waals surface area contributed by atoms with Gasteiger partial charge < -0.3 is 24.1 Å². The second-order valence-corrected chi connectivity index (χ2v) is 8.82. The van der Waals surface area contributed by atoms with E-state index in [0.717, 1.165) is 29.5 Å². The summed E-state index contributed by atoms with van der Waals surface area (Å²) in [5.41, 5.74) is 3.99. The third-order valence-electron chi connectivity index (χ3n) is 6.23. The lowest BCUT2D eigenvalue weighted by molar-refractivity contribution is -0.121. The molecule has 1 atom stereocenters. The molecule has 0 spiro atoms. The highest BCUT2D eigenvalue weighted by molar-refractivity contribution is 5.97. The summed E-state index contributed by atoms with van der Waals surface area (Å²) in [6.07, 6.45) is 3.16. The van der Waals surface area contributed by atoms with E-state index in [0.29, 0.717) is 29.3 Å². The van der Waals surface area contributed by atoms with Crippen molar-refractivity contribution in [3.05, 3.63) is 82.8 Å². The number of nitrogens with one attached hydrogen (secondary N) is 1. The summed E-state index contributed by atoms with van der Waals surface area (Å²) in [6, 6.07) is 14.6. The minimum atomic E-state index is -0.505. The van der Waals surface area contributed by atoms with Gasteiger partial charge in [-0.1, -0.05) is 42.0 Å². The molecule has 8 heteroatoms. The minimum Gasteiger partial charge on any atom is -0.483 e. The van der Waals surface area contributed by atoms with Gasteiger partial charge in [0.1, 0.15) is 17.9 Å². The summed E-state index contributed by atoms with van der Waals surface area (Å²) in [5.74, 6) is 0.0580. The Hall–Kier alpha value is -4.07. The van der Waals surface area contributed by atoms with Gasteiger partial charge in [-0.15, -0.1) is 0 Å². The van der Waals surface area contributed by atoms with Crippen LogP contribution >= 0.6 is 0 Å². The first-order valence-corrected chi connectivity index (χ1v) is 11.9. The molecule has 8 nitrogen and oxygen atoms in total. The van der Waals surface area contributed by atoms with Crippen LogP contribution in [0, 0.1) is 6.92 Å². The number of hydrogen-bond acceptors (Lipinski definition) is 6. The maximum absolute atomic E-state index is 13.6. The molecule has 2 aromatic carbocycles. The average Bonchev–Trinajstić information content (AvgIpc) is 3.35. The average molecular weight is 491 g/mol. The molecular weight excluding hydrogens is 460 g/mol. The van der Waals surface area contributed by atoms with Crippen molar-refractivity contribution in [2.75, 3.05) is 18.6 Å². The SMILES string of the molecule is COC(=O)c1ccoc1COc1cccc2c1N(C(=O)CC(NC(C)=O)c1ccc(C)cc1)CCC2. The molecule has 1 N–H and O–H groups in total. The van der Waals surface area contributed by atoms with E-state index in [4.69, 9.17) is 13.9 Å². The highest BCUT2D eigenvalue weighted by atomic mass is 16.5. The second kappa shape index (κ2) is 11.1. The summed E-state index contributed by atoms with van der Waals surface area (Å²) in [7, 11) is 1.31. The van der Waals surface area contributed by atoms with Crippen LogP contribution in [0.2, 0.25) is 0 Å². The number of amides is 2. The van der Waals surface area contributed by atoms with Crippen LogP contribution in [0.15, 0.2) is 59.2 Å². The van der Waals surface area contributed by atoms with Crippen LogP contribution in [0.3, 0.4) is 0 Å². The molecule has 36 heavy (non-hydrogen) atoms. The second-order valence-electron chi connectivity index (χ2n) is 8.82. The number of nitrogens with zero attached hydrogens (tertiary/aromatic N) is 1. The first-order valence-electron chi connectivity index (χ1n) is 11.9. The number of methoxy groups -OCH3 is 1. The Labute approximate surface area is 210 Å². The van der Waals surface area contributed by atoms with Gasteiger partial charge in [0.2, 0.25) is 11.8 Å². The fourth-order valence-electron chi connectivity index (χ4n) is 4.45. The molecule has 1 aromatic heterocycles. The molecular formula is C28H30N2O6. The van der Waals surface area contributed by atoms with Crippen LogP contribution in [-0.4, -0.2) is 31.4 Å². The molecule has 0 saturated carbocycles. The smallest absolute Gasteiger partial charge is 0.341 e. The number of benzene rings is 2. The third kappa shape index (κ3) is 5.59. The predicted molar refractivity (Wildman–Crippen MR) is 134 cm³/mol. The minimum absolute atomic E-state index is 0.00774. The summed E-state index contributed by atoms with van der Waals surface area (Å²) in [6.45, 7) is 3.99. The number of fused-ring (bicyclic) bond motifs is 1. The Balaban J connectivity index is 1.57. The molecule has 0 bridgehead atoms. The molecule has 1 aliphatic rings. The van der Waals surface area contributed by atoms with Crippen molar-refractivity contribution in [1.29, 1.82) is 0 Å². The van der Waals surface area contributed by atoms with E-state index in [1.165, 1.54) is 26.4 Å².